The third kappa shape index (κ3) is 2.90. The Hall–Kier alpha value is -2.50. The van der Waals surface area contributed by atoms with Crippen molar-refractivity contribution >= 4 is 22.8 Å². The second-order valence-electron chi connectivity index (χ2n) is 4.91. The second kappa shape index (κ2) is 6.51. The molecule has 22 heavy (non-hydrogen) atoms. The SMILES string of the molecule is CCOc1ccc2c(c1)c(C)c(C(=O)NCC(=O)O)n2CC. The zero-order chi connectivity index (χ0) is 16.3. The summed E-state index contributed by atoms with van der Waals surface area (Å²) in [6, 6.07) is 5.70. The van der Waals surface area contributed by atoms with Crippen molar-refractivity contribution in [3.63, 3.8) is 0 Å². The molecule has 2 N–H and O–H groups in total. The van der Waals surface area contributed by atoms with E-state index in [1.807, 2.05) is 43.5 Å². The number of amides is 1. The van der Waals surface area contributed by atoms with Gasteiger partial charge in [-0.05, 0) is 44.5 Å². The van der Waals surface area contributed by atoms with Crippen LogP contribution in [-0.4, -0.2) is 34.7 Å². The maximum atomic E-state index is 12.3. The van der Waals surface area contributed by atoms with Crippen molar-refractivity contribution in [3.05, 3.63) is 29.5 Å². The molecule has 1 amide bonds. The highest BCUT2D eigenvalue weighted by atomic mass is 16.5. The average molecular weight is 304 g/mol. The van der Waals surface area contributed by atoms with Crippen LogP contribution in [0.4, 0.5) is 0 Å². The molecule has 0 saturated carbocycles. The van der Waals surface area contributed by atoms with Crippen LogP contribution in [0, 0.1) is 6.92 Å². The highest BCUT2D eigenvalue weighted by molar-refractivity contribution is 6.02. The van der Waals surface area contributed by atoms with Gasteiger partial charge in [0.05, 0.1) is 6.61 Å². The lowest BCUT2D eigenvalue weighted by molar-refractivity contribution is -0.135. The Bertz CT molecular complexity index is 718. The van der Waals surface area contributed by atoms with E-state index in [1.54, 1.807) is 0 Å². The van der Waals surface area contributed by atoms with Crippen molar-refractivity contribution in [1.29, 1.82) is 0 Å². The molecule has 0 aliphatic rings. The van der Waals surface area contributed by atoms with Crippen LogP contribution in [0.3, 0.4) is 0 Å². The maximum Gasteiger partial charge on any atom is 0.322 e. The Balaban J connectivity index is 2.51. The van der Waals surface area contributed by atoms with Gasteiger partial charge in [0.15, 0.2) is 0 Å². The van der Waals surface area contributed by atoms with E-state index in [0.717, 1.165) is 22.2 Å². The molecule has 0 spiro atoms. The molecule has 0 bridgehead atoms. The first-order valence-electron chi connectivity index (χ1n) is 7.25. The molecule has 0 aliphatic heterocycles. The topological polar surface area (TPSA) is 80.6 Å². The molecule has 2 rings (SSSR count). The van der Waals surface area contributed by atoms with E-state index in [2.05, 4.69) is 5.32 Å². The summed E-state index contributed by atoms with van der Waals surface area (Å²) in [5, 5.41) is 12.1. The van der Waals surface area contributed by atoms with Crippen molar-refractivity contribution in [2.24, 2.45) is 0 Å². The summed E-state index contributed by atoms with van der Waals surface area (Å²) >= 11 is 0. The summed E-state index contributed by atoms with van der Waals surface area (Å²) in [5.41, 5.74) is 2.25. The van der Waals surface area contributed by atoms with Gasteiger partial charge in [0.2, 0.25) is 0 Å². The number of aromatic nitrogens is 1. The Morgan fingerprint density at radius 1 is 1.32 bits per heavy atom. The van der Waals surface area contributed by atoms with Gasteiger partial charge in [-0.3, -0.25) is 9.59 Å². The van der Waals surface area contributed by atoms with Gasteiger partial charge in [-0.2, -0.15) is 0 Å². The largest absolute Gasteiger partial charge is 0.494 e. The van der Waals surface area contributed by atoms with Crippen LogP contribution in [0.5, 0.6) is 5.75 Å². The van der Waals surface area contributed by atoms with Gasteiger partial charge >= 0.3 is 5.97 Å². The summed E-state index contributed by atoms with van der Waals surface area (Å²) in [6.45, 7) is 6.52. The number of aliphatic carboxylic acids is 1. The lowest BCUT2D eigenvalue weighted by atomic mass is 10.1. The lowest BCUT2D eigenvalue weighted by Gasteiger charge is -2.08. The Morgan fingerprint density at radius 3 is 2.64 bits per heavy atom. The third-order valence-corrected chi connectivity index (χ3v) is 3.53. The van der Waals surface area contributed by atoms with Gasteiger partial charge in [-0.25, -0.2) is 0 Å². The Morgan fingerprint density at radius 2 is 2.05 bits per heavy atom. The smallest absolute Gasteiger partial charge is 0.322 e. The molecule has 118 valence electrons. The third-order valence-electron chi connectivity index (χ3n) is 3.53. The van der Waals surface area contributed by atoms with Crippen LogP contribution < -0.4 is 10.1 Å². The molecule has 0 saturated heterocycles. The number of carboxylic acid groups (broad SMARTS) is 1. The van der Waals surface area contributed by atoms with Crippen molar-refractivity contribution in [2.75, 3.05) is 13.2 Å². The number of carboxylic acids is 1. The fourth-order valence-corrected chi connectivity index (χ4v) is 2.62. The molecule has 2 aromatic rings. The highest BCUT2D eigenvalue weighted by Crippen LogP contribution is 2.29. The predicted octanol–water partition coefficient (Wildman–Crippen LogP) is 2.18. The van der Waals surface area contributed by atoms with Crippen LogP contribution in [0.15, 0.2) is 18.2 Å². The molecular formula is C16H20N2O4. The van der Waals surface area contributed by atoms with E-state index in [0.29, 0.717) is 18.8 Å². The van der Waals surface area contributed by atoms with Crippen molar-refractivity contribution in [3.8, 4) is 5.75 Å². The van der Waals surface area contributed by atoms with E-state index in [-0.39, 0.29) is 5.91 Å². The lowest BCUT2D eigenvalue weighted by Crippen LogP contribution is -2.31. The molecule has 1 aromatic heterocycles. The summed E-state index contributed by atoms with van der Waals surface area (Å²) in [5.74, 6) is -0.691. The molecule has 0 fully saturated rings. The number of rotatable bonds is 6. The number of ether oxygens (including phenoxy) is 1. The van der Waals surface area contributed by atoms with Crippen LogP contribution in [-0.2, 0) is 11.3 Å². The quantitative estimate of drug-likeness (QED) is 0.857. The van der Waals surface area contributed by atoms with E-state index < -0.39 is 12.5 Å². The average Bonchev–Trinajstić information content (AvgIpc) is 2.77. The number of hydrogen-bond donors (Lipinski definition) is 2. The minimum Gasteiger partial charge on any atom is -0.494 e. The van der Waals surface area contributed by atoms with Crippen molar-refractivity contribution in [2.45, 2.75) is 27.3 Å². The molecule has 0 aliphatic carbocycles. The van der Waals surface area contributed by atoms with Crippen LogP contribution in [0.25, 0.3) is 10.9 Å². The van der Waals surface area contributed by atoms with Crippen LogP contribution in [0.2, 0.25) is 0 Å². The summed E-state index contributed by atoms with van der Waals surface area (Å²) in [4.78, 5) is 22.9. The number of aryl methyl sites for hydroxylation is 2. The van der Waals surface area contributed by atoms with Crippen LogP contribution >= 0.6 is 0 Å². The predicted molar refractivity (Wildman–Crippen MR) is 83.5 cm³/mol. The van der Waals surface area contributed by atoms with Gasteiger partial charge < -0.3 is 19.7 Å². The number of hydrogen-bond acceptors (Lipinski definition) is 3. The number of benzene rings is 1. The van der Waals surface area contributed by atoms with Gasteiger partial charge in [0, 0.05) is 17.4 Å². The van der Waals surface area contributed by atoms with E-state index in [4.69, 9.17) is 9.84 Å². The van der Waals surface area contributed by atoms with Gasteiger partial charge in [0.25, 0.3) is 5.91 Å². The number of nitrogens with one attached hydrogen (secondary N) is 1. The fraction of sp³-hybridized carbons (Fsp3) is 0.375. The molecule has 0 unspecified atom stereocenters. The van der Waals surface area contributed by atoms with E-state index in [1.165, 1.54) is 0 Å². The summed E-state index contributed by atoms with van der Waals surface area (Å²) < 4.78 is 7.39. The first-order chi connectivity index (χ1) is 10.5. The number of nitrogens with zero attached hydrogens (tertiary/aromatic N) is 1. The molecule has 6 heteroatoms. The first kappa shape index (κ1) is 15.9. The number of fused-ring (bicyclic) bond motifs is 1. The molecule has 0 atom stereocenters. The highest BCUT2D eigenvalue weighted by Gasteiger charge is 2.20. The Labute approximate surface area is 128 Å². The number of carbonyl (C=O) groups is 2. The second-order valence-corrected chi connectivity index (χ2v) is 4.91. The van der Waals surface area contributed by atoms with Crippen molar-refractivity contribution in [1.82, 2.24) is 9.88 Å². The van der Waals surface area contributed by atoms with Crippen LogP contribution in [0.1, 0.15) is 29.9 Å². The van der Waals surface area contributed by atoms with E-state index in [9.17, 15) is 9.59 Å². The monoisotopic (exact) mass is 304 g/mol. The first-order valence-corrected chi connectivity index (χ1v) is 7.25. The minimum atomic E-state index is -1.07. The van der Waals surface area contributed by atoms with Gasteiger partial charge in [-0.15, -0.1) is 0 Å². The maximum absolute atomic E-state index is 12.3. The zero-order valence-electron chi connectivity index (χ0n) is 13.0. The molecular weight excluding hydrogens is 284 g/mol. The zero-order valence-corrected chi connectivity index (χ0v) is 13.0. The number of carbonyl (C=O) groups excluding carboxylic acids is 1. The molecule has 0 radical (unpaired) electrons. The van der Waals surface area contributed by atoms with Gasteiger partial charge in [-0.1, -0.05) is 0 Å². The fourth-order valence-electron chi connectivity index (χ4n) is 2.62. The summed E-state index contributed by atoms with van der Waals surface area (Å²) in [6.07, 6.45) is 0. The molecule has 6 nitrogen and oxygen atoms in total. The van der Waals surface area contributed by atoms with E-state index >= 15 is 0 Å². The minimum absolute atomic E-state index is 0.379. The molecule has 1 aromatic carbocycles. The Kier molecular flexibility index (Phi) is 4.70. The molecule has 1 heterocycles. The normalized spacial score (nSPS) is 10.7. The van der Waals surface area contributed by atoms with Crippen molar-refractivity contribution < 1.29 is 19.4 Å². The van der Waals surface area contributed by atoms with Gasteiger partial charge in [0.1, 0.15) is 18.0 Å². The standard InChI is InChI=1S/C16H20N2O4/c1-4-18-13-7-6-11(22-5-2)8-12(13)10(3)15(18)16(21)17-9-14(19)20/h6-8H,4-5,9H2,1-3H3,(H,17,21)(H,19,20). The summed E-state index contributed by atoms with van der Waals surface area (Å²) in [7, 11) is 0.